The molecule has 1 atom stereocenters. The third kappa shape index (κ3) is 4.33. The van der Waals surface area contributed by atoms with Gasteiger partial charge in [0.15, 0.2) is 0 Å². The summed E-state index contributed by atoms with van der Waals surface area (Å²) in [6.07, 6.45) is 3.75. The number of rotatable bonds is 4. The molecule has 0 aliphatic carbocycles. The first-order valence-electron chi connectivity index (χ1n) is 4.78. The molecule has 1 heterocycles. The maximum atomic E-state index is 5.29. The Kier molecular flexibility index (Phi) is 5.04. The Morgan fingerprint density at radius 3 is 2.75 bits per heavy atom. The van der Waals surface area contributed by atoms with Gasteiger partial charge in [-0.25, -0.2) is 0 Å². The molecule has 12 heavy (non-hydrogen) atoms. The van der Waals surface area contributed by atoms with Crippen LogP contribution in [0.5, 0.6) is 0 Å². The van der Waals surface area contributed by atoms with Crippen LogP contribution in [-0.2, 0) is 4.74 Å². The molecule has 1 unspecified atom stereocenters. The van der Waals surface area contributed by atoms with Crippen LogP contribution in [0, 0.1) is 5.92 Å². The molecule has 1 saturated heterocycles. The Morgan fingerprint density at radius 2 is 2.17 bits per heavy atom. The Bertz CT molecular complexity index is 113. The van der Waals surface area contributed by atoms with Crippen LogP contribution in [-0.4, -0.2) is 25.1 Å². The molecular formula is C9H19NOS. The largest absolute Gasteiger partial charge is 0.381 e. The Balaban J connectivity index is 1.98. The lowest BCUT2D eigenvalue weighted by molar-refractivity contribution is 0.0640. The summed E-state index contributed by atoms with van der Waals surface area (Å²) in [5, 5.41) is 3.64. The topological polar surface area (TPSA) is 21.3 Å². The van der Waals surface area contributed by atoms with Crippen LogP contribution in [0.4, 0.5) is 0 Å². The fourth-order valence-corrected chi connectivity index (χ4v) is 1.66. The highest BCUT2D eigenvalue weighted by atomic mass is 32.1. The predicted octanol–water partition coefficient (Wildman–Crippen LogP) is 1.67. The van der Waals surface area contributed by atoms with E-state index in [9.17, 15) is 0 Å². The normalized spacial score (nSPS) is 22.5. The van der Waals surface area contributed by atoms with E-state index in [-0.39, 0.29) is 0 Å². The van der Waals surface area contributed by atoms with Crippen LogP contribution in [0.15, 0.2) is 0 Å². The lowest BCUT2D eigenvalue weighted by Gasteiger charge is -2.22. The van der Waals surface area contributed by atoms with Crippen LogP contribution >= 0.6 is 12.6 Å². The maximum absolute atomic E-state index is 5.29. The minimum absolute atomic E-state index is 0.324. The van der Waals surface area contributed by atoms with Crippen LogP contribution in [0.25, 0.3) is 0 Å². The SMILES string of the molecule is CC(S)NCCC1CCOCC1. The van der Waals surface area contributed by atoms with E-state index in [2.05, 4.69) is 24.9 Å². The van der Waals surface area contributed by atoms with Crippen molar-refractivity contribution in [3.63, 3.8) is 0 Å². The van der Waals surface area contributed by atoms with Gasteiger partial charge >= 0.3 is 0 Å². The van der Waals surface area contributed by atoms with Crippen molar-refractivity contribution >= 4 is 12.6 Å². The van der Waals surface area contributed by atoms with Crippen molar-refractivity contribution in [2.75, 3.05) is 19.8 Å². The molecule has 1 fully saturated rings. The van der Waals surface area contributed by atoms with Crippen LogP contribution in [0.2, 0.25) is 0 Å². The fourth-order valence-electron chi connectivity index (χ4n) is 1.53. The van der Waals surface area contributed by atoms with Crippen molar-refractivity contribution in [3.05, 3.63) is 0 Å². The molecule has 1 N–H and O–H groups in total. The van der Waals surface area contributed by atoms with E-state index in [4.69, 9.17) is 4.74 Å². The van der Waals surface area contributed by atoms with Gasteiger partial charge in [-0.3, -0.25) is 0 Å². The highest BCUT2D eigenvalue weighted by molar-refractivity contribution is 7.80. The van der Waals surface area contributed by atoms with Crippen molar-refractivity contribution in [2.24, 2.45) is 5.92 Å². The van der Waals surface area contributed by atoms with E-state index in [1.807, 2.05) is 0 Å². The lowest BCUT2D eigenvalue weighted by atomic mass is 9.97. The third-order valence-corrected chi connectivity index (χ3v) is 2.52. The van der Waals surface area contributed by atoms with Gasteiger partial charge in [-0.2, -0.15) is 12.6 Å². The zero-order valence-corrected chi connectivity index (χ0v) is 8.65. The molecule has 1 aliphatic rings. The molecule has 72 valence electrons. The minimum atomic E-state index is 0.324. The zero-order valence-electron chi connectivity index (χ0n) is 7.75. The minimum Gasteiger partial charge on any atom is -0.381 e. The highest BCUT2D eigenvalue weighted by Gasteiger charge is 2.12. The van der Waals surface area contributed by atoms with E-state index in [1.54, 1.807) is 0 Å². The van der Waals surface area contributed by atoms with E-state index in [0.29, 0.717) is 5.37 Å². The number of hydrogen-bond acceptors (Lipinski definition) is 3. The molecule has 1 aliphatic heterocycles. The summed E-state index contributed by atoms with van der Waals surface area (Å²) in [6, 6.07) is 0. The van der Waals surface area contributed by atoms with Crippen molar-refractivity contribution in [3.8, 4) is 0 Å². The molecule has 1 rings (SSSR count). The van der Waals surface area contributed by atoms with Crippen LogP contribution < -0.4 is 5.32 Å². The molecule has 2 nitrogen and oxygen atoms in total. The summed E-state index contributed by atoms with van der Waals surface area (Å²) in [5.41, 5.74) is 0. The molecule has 0 spiro atoms. The zero-order chi connectivity index (χ0) is 8.81. The van der Waals surface area contributed by atoms with Gasteiger partial charge in [0, 0.05) is 18.6 Å². The summed E-state index contributed by atoms with van der Waals surface area (Å²) in [4.78, 5) is 0. The van der Waals surface area contributed by atoms with Gasteiger partial charge in [-0.15, -0.1) is 0 Å². The smallest absolute Gasteiger partial charge is 0.0473 e. The highest BCUT2D eigenvalue weighted by Crippen LogP contribution is 2.17. The maximum Gasteiger partial charge on any atom is 0.0473 e. The van der Waals surface area contributed by atoms with E-state index < -0.39 is 0 Å². The van der Waals surface area contributed by atoms with E-state index >= 15 is 0 Å². The van der Waals surface area contributed by atoms with Crippen molar-refractivity contribution in [1.82, 2.24) is 5.32 Å². The van der Waals surface area contributed by atoms with Gasteiger partial charge in [-0.1, -0.05) is 0 Å². The number of hydrogen-bond donors (Lipinski definition) is 2. The average molecular weight is 189 g/mol. The Morgan fingerprint density at radius 1 is 1.50 bits per heavy atom. The molecule has 0 radical (unpaired) electrons. The number of ether oxygens (including phenoxy) is 1. The Hall–Kier alpha value is 0.270. The van der Waals surface area contributed by atoms with Crippen molar-refractivity contribution in [2.45, 2.75) is 31.6 Å². The molecule has 0 aromatic heterocycles. The van der Waals surface area contributed by atoms with Gasteiger partial charge in [0.1, 0.15) is 0 Å². The summed E-state index contributed by atoms with van der Waals surface area (Å²) in [7, 11) is 0. The lowest BCUT2D eigenvalue weighted by Crippen LogP contribution is -2.25. The van der Waals surface area contributed by atoms with Gasteiger partial charge in [0.05, 0.1) is 0 Å². The second kappa shape index (κ2) is 5.84. The third-order valence-electron chi connectivity index (χ3n) is 2.33. The standard InChI is InChI=1S/C9H19NOS/c1-8(12)10-5-2-9-3-6-11-7-4-9/h8-10,12H,2-7H2,1H3. The van der Waals surface area contributed by atoms with Crippen LogP contribution in [0.3, 0.4) is 0 Å². The first-order valence-corrected chi connectivity index (χ1v) is 5.30. The first kappa shape index (κ1) is 10.4. The quantitative estimate of drug-likeness (QED) is 0.518. The molecule has 0 saturated carbocycles. The van der Waals surface area contributed by atoms with Crippen LogP contribution in [0.1, 0.15) is 26.2 Å². The van der Waals surface area contributed by atoms with Gasteiger partial charge in [-0.05, 0) is 38.6 Å². The molecule has 0 bridgehead atoms. The Labute approximate surface area is 80.5 Å². The first-order chi connectivity index (χ1) is 5.79. The van der Waals surface area contributed by atoms with Gasteiger partial charge < -0.3 is 10.1 Å². The van der Waals surface area contributed by atoms with E-state index in [0.717, 1.165) is 25.7 Å². The number of thiol groups is 1. The average Bonchev–Trinajstić information content (AvgIpc) is 2.05. The van der Waals surface area contributed by atoms with E-state index in [1.165, 1.54) is 19.3 Å². The molecule has 3 heteroatoms. The summed E-state index contributed by atoms with van der Waals surface area (Å²) >= 11 is 4.26. The summed E-state index contributed by atoms with van der Waals surface area (Å²) in [5.74, 6) is 0.873. The molecular weight excluding hydrogens is 170 g/mol. The molecule has 0 aromatic rings. The summed E-state index contributed by atoms with van der Waals surface area (Å²) < 4.78 is 5.29. The molecule has 0 amide bonds. The summed E-state index contributed by atoms with van der Waals surface area (Å²) in [6.45, 7) is 5.07. The second-order valence-corrected chi connectivity index (χ2v) is 4.25. The molecule has 0 aromatic carbocycles. The second-order valence-electron chi connectivity index (χ2n) is 3.47. The predicted molar refractivity (Wildman–Crippen MR) is 54.6 cm³/mol. The monoisotopic (exact) mass is 189 g/mol. The van der Waals surface area contributed by atoms with Gasteiger partial charge in [0.2, 0.25) is 0 Å². The fraction of sp³-hybridized carbons (Fsp3) is 1.00. The van der Waals surface area contributed by atoms with Crippen molar-refractivity contribution in [1.29, 1.82) is 0 Å². The van der Waals surface area contributed by atoms with Gasteiger partial charge in [0.25, 0.3) is 0 Å². The number of nitrogens with one attached hydrogen (secondary N) is 1. The van der Waals surface area contributed by atoms with Crippen molar-refractivity contribution < 1.29 is 4.74 Å².